The van der Waals surface area contributed by atoms with Crippen LogP contribution in [0, 0.1) is 0 Å². The summed E-state index contributed by atoms with van der Waals surface area (Å²) in [6.45, 7) is 0. The molecule has 7 heteroatoms. The maximum absolute atomic E-state index is 9.53. The fourth-order valence-electron chi connectivity index (χ4n) is 2.49. The average molecular weight is 320 g/mol. The van der Waals surface area contributed by atoms with E-state index in [0.717, 1.165) is 0 Å². The molecule has 0 bridgehead atoms. The highest BCUT2D eigenvalue weighted by molar-refractivity contribution is 5.42. The molecule has 7 nitrogen and oxygen atoms in total. The van der Waals surface area contributed by atoms with E-state index in [0.29, 0.717) is 11.3 Å². The van der Waals surface area contributed by atoms with E-state index in [1.165, 1.54) is 36.4 Å². The maximum atomic E-state index is 9.53. The highest BCUT2D eigenvalue weighted by Crippen LogP contribution is 2.35. The third-order valence-electron chi connectivity index (χ3n) is 3.57. The van der Waals surface area contributed by atoms with Crippen LogP contribution in [-0.2, 0) is 6.42 Å². The molecule has 0 saturated heterocycles. The Labute approximate surface area is 131 Å². The van der Waals surface area contributed by atoms with Gasteiger partial charge in [-0.1, -0.05) is 6.07 Å². The lowest BCUT2D eigenvalue weighted by Crippen LogP contribution is -2.56. The van der Waals surface area contributed by atoms with E-state index in [1.54, 1.807) is 6.07 Å². The smallest absolute Gasteiger partial charge is 0.318 e. The summed E-state index contributed by atoms with van der Waals surface area (Å²) < 4.78 is 11.1. The lowest BCUT2D eigenvalue weighted by Gasteiger charge is -2.37. The molecule has 122 valence electrons. The molecule has 0 radical (unpaired) electrons. The van der Waals surface area contributed by atoms with Crippen LogP contribution in [0.5, 0.6) is 23.0 Å². The average Bonchev–Trinajstić information content (AvgIpc) is 2.48. The second-order valence-corrected chi connectivity index (χ2v) is 5.37. The Hall–Kier alpha value is -2.48. The fourth-order valence-corrected chi connectivity index (χ4v) is 2.49. The van der Waals surface area contributed by atoms with Crippen LogP contribution in [0.2, 0.25) is 0 Å². The summed E-state index contributed by atoms with van der Waals surface area (Å²) in [5.41, 5.74) is 0.687. The first-order valence-corrected chi connectivity index (χ1v) is 6.94. The number of phenols is 2. The van der Waals surface area contributed by atoms with E-state index >= 15 is 0 Å². The van der Waals surface area contributed by atoms with Gasteiger partial charge in [0.15, 0.2) is 0 Å². The van der Waals surface area contributed by atoms with Crippen LogP contribution >= 0.6 is 0 Å². The molecular formula is C16H16O7. The van der Waals surface area contributed by atoms with Crippen molar-refractivity contribution in [2.45, 2.75) is 24.6 Å². The number of hydrogen-bond acceptors (Lipinski definition) is 7. The highest BCUT2D eigenvalue weighted by atomic mass is 16.7. The van der Waals surface area contributed by atoms with Crippen molar-refractivity contribution in [1.82, 2.24) is 0 Å². The second kappa shape index (κ2) is 5.62. The van der Waals surface area contributed by atoms with Crippen molar-refractivity contribution in [1.29, 1.82) is 0 Å². The molecule has 0 fully saturated rings. The van der Waals surface area contributed by atoms with E-state index in [-0.39, 0.29) is 23.7 Å². The SMILES string of the molecule is Oc1ccc(OC2Cc3ccc(O)cc3OC2C(O)(O)O)cc1. The molecule has 5 N–H and O–H groups in total. The number of phenolic OH excluding ortho intramolecular Hbond substituents is 2. The van der Waals surface area contributed by atoms with Gasteiger partial charge in [0.2, 0.25) is 6.10 Å². The number of aliphatic hydroxyl groups is 3. The van der Waals surface area contributed by atoms with Crippen molar-refractivity contribution < 1.29 is 35.0 Å². The largest absolute Gasteiger partial charge is 0.508 e. The van der Waals surface area contributed by atoms with Crippen LogP contribution in [0.25, 0.3) is 0 Å². The summed E-state index contributed by atoms with van der Waals surface area (Å²) in [7, 11) is 0. The molecule has 0 aliphatic carbocycles. The minimum atomic E-state index is -3.12. The van der Waals surface area contributed by atoms with Crippen molar-refractivity contribution >= 4 is 0 Å². The van der Waals surface area contributed by atoms with Crippen molar-refractivity contribution in [3.05, 3.63) is 48.0 Å². The minimum Gasteiger partial charge on any atom is -0.508 e. The van der Waals surface area contributed by atoms with Crippen molar-refractivity contribution in [2.75, 3.05) is 0 Å². The molecule has 1 aliphatic heterocycles. The zero-order valence-corrected chi connectivity index (χ0v) is 12.0. The van der Waals surface area contributed by atoms with Crippen LogP contribution in [0.4, 0.5) is 0 Å². The van der Waals surface area contributed by atoms with Crippen molar-refractivity contribution in [2.24, 2.45) is 0 Å². The van der Waals surface area contributed by atoms with Gasteiger partial charge in [-0.15, -0.1) is 0 Å². The van der Waals surface area contributed by atoms with Crippen LogP contribution < -0.4 is 9.47 Å². The second-order valence-electron chi connectivity index (χ2n) is 5.37. The molecule has 1 heterocycles. The molecule has 2 atom stereocenters. The molecule has 2 aromatic carbocycles. The van der Waals surface area contributed by atoms with Crippen LogP contribution in [-0.4, -0.2) is 43.7 Å². The Morgan fingerprint density at radius 2 is 1.61 bits per heavy atom. The number of rotatable bonds is 3. The normalized spacial score (nSPS) is 20.5. The Morgan fingerprint density at radius 1 is 0.957 bits per heavy atom. The van der Waals surface area contributed by atoms with Gasteiger partial charge in [0.1, 0.15) is 29.1 Å². The van der Waals surface area contributed by atoms with Gasteiger partial charge in [-0.2, -0.15) is 0 Å². The predicted octanol–water partition coefficient (Wildman–Crippen LogP) is 0.480. The van der Waals surface area contributed by atoms with Gasteiger partial charge >= 0.3 is 5.97 Å². The molecule has 23 heavy (non-hydrogen) atoms. The predicted molar refractivity (Wildman–Crippen MR) is 78.1 cm³/mol. The monoisotopic (exact) mass is 320 g/mol. The summed E-state index contributed by atoms with van der Waals surface area (Å²) in [6.07, 6.45) is -2.15. The standard InChI is InChI=1S/C16H16O7/c17-10-3-5-12(6-4-10)22-14-7-9-1-2-11(18)8-13(9)23-15(14)16(19,20)21/h1-6,8,14-15,17-21H,7H2. The van der Waals surface area contributed by atoms with Crippen LogP contribution in [0.15, 0.2) is 42.5 Å². The van der Waals surface area contributed by atoms with Gasteiger partial charge in [-0.25, -0.2) is 0 Å². The topological polar surface area (TPSA) is 120 Å². The van der Waals surface area contributed by atoms with Crippen LogP contribution in [0.1, 0.15) is 5.56 Å². The Morgan fingerprint density at radius 3 is 2.26 bits per heavy atom. The van der Waals surface area contributed by atoms with E-state index in [1.807, 2.05) is 0 Å². The minimum absolute atomic E-state index is 0.0418. The number of ether oxygens (including phenoxy) is 2. The van der Waals surface area contributed by atoms with Crippen molar-refractivity contribution in [3.63, 3.8) is 0 Å². The summed E-state index contributed by atoms with van der Waals surface area (Å²) in [5.74, 6) is -2.49. The number of hydrogen-bond donors (Lipinski definition) is 5. The summed E-state index contributed by atoms with van der Waals surface area (Å²) in [6, 6.07) is 10.3. The maximum Gasteiger partial charge on any atom is 0.318 e. The Balaban J connectivity index is 1.90. The molecule has 0 spiro atoms. The number of fused-ring (bicyclic) bond motifs is 1. The van der Waals surface area contributed by atoms with Gasteiger partial charge in [-0.05, 0) is 35.9 Å². The molecule has 0 amide bonds. The summed E-state index contributed by atoms with van der Waals surface area (Å²) in [4.78, 5) is 0. The first-order valence-electron chi connectivity index (χ1n) is 6.94. The molecule has 3 rings (SSSR count). The zero-order chi connectivity index (χ0) is 16.6. The fraction of sp³-hybridized carbons (Fsp3) is 0.250. The van der Waals surface area contributed by atoms with Crippen molar-refractivity contribution in [3.8, 4) is 23.0 Å². The third kappa shape index (κ3) is 3.31. The first-order chi connectivity index (χ1) is 10.8. The quantitative estimate of drug-likeness (QED) is 0.522. The van der Waals surface area contributed by atoms with E-state index < -0.39 is 18.2 Å². The highest BCUT2D eigenvalue weighted by Gasteiger charge is 2.45. The molecule has 2 unspecified atom stereocenters. The van der Waals surface area contributed by atoms with E-state index in [9.17, 15) is 25.5 Å². The van der Waals surface area contributed by atoms with Gasteiger partial charge in [0.05, 0.1) is 0 Å². The molecule has 2 aromatic rings. The third-order valence-corrected chi connectivity index (χ3v) is 3.57. The molecule has 0 saturated carbocycles. The molecule has 0 aromatic heterocycles. The van der Waals surface area contributed by atoms with E-state index in [2.05, 4.69) is 0 Å². The van der Waals surface area contributed by atoms with E-state index in [4.69, 9.17) is 9.47 Å². The Bertz CT molecular complexity index is 691. The zero-order valence-electron chi connectivity index (χ0n) is 12.0. The lowest BCUT2D eigenvalue weighted by molar-refractivity contribution is -0.360. The molecule has 1 aliphatic rings. The molecular weight excluding hydrogens is 304 g/mol. The number of aromatic hydroxyl groups is 2. The summed E-state index contributed by atoms with van der Waals surface area (Å²) in [5, 5.41) is 47.4. The Kier molecular flexibility index (Phi) is 3.77. The summed E-state index contributed by atoms with van der Waals surface area (Å²) >= 11 is 0. The van der Waals surface area contributed by atoms with Crippen LogP contribution in [0.3, 0.4) is 0 Å². The first kappa shape index (κ1) is 15.4. The van der Waals surface area contributed by atoms with Gasteiger partial charge < -0.3 is 35.0 Å². The van der Waals surface area contributed by atoms with Gasteiger partial charge in [-0.3, -0.25) is 0 Å². The van der Waals surface area contributed by atoms with Gasteiger partial charge in [0.25, 0.3) is 0 Å². The lowest BCUT2D eigenvalue weighted by atomic mass is 9.97. The number of benzene rings is 2. The van der Waals surface area contributed by atoms with Gasteiger partial charge in [0, 0.05) is 12.5 Å².